The van der Waals surface area contributed by atoms with E-state index >= 15 is 0 Å². The second kappa shape index (κ2) is 7.30. The van der Waals surface area contributed by atoms with Crippen LogP contribution < -0.4 is 0 Å². The molecule has 88 valence electrons. The fourth-order valence-corrected chi connectivity index (χ4v) is 2.04. The number of carbonyl (C=O) groups excluding carboxylic acids is 1. The third kappa shape index (κ3) is 6.22. The highest BCUT2D eigenvalue weighted by atomic mass is 127. The number of rotatable bonds is 2. The van der Waals surface area contributed by atoms with Crippen LogP contribution in [0.4, 0.5) is 4.79 Å². The van der Waals surface area contributed by atoms with Crippen LogP contribution in [-0.2, 0) is 9.47 Å². The molecule has 0 bridgehead atoms. The van der Waals surface area contributed by atoms with Crippen molar-refractivity contribution in [3.8, 4) is 0 Å². The van der Waals surface area contributed by atoms with Gasteiger partial charge < -0.3 is 9.47 Å². The molecule has 0 amide bonds. The molecule has 0 heterocycles. The molecule has 0 aromatic heterocycles. The molecule has 1 unspecified atom stereocenters. The molecule has 0 saturated heterocycles. The van der Waals surface area contributed by atoms with Crippen molar-refractivity contribution in [2.24, 2.45) is 0 Å². The highest BCUT2D eigenvalue weighted by Crippen LogP contribution is 2.20. The molecule has 0 aromatic rings. The lowest BCUT2D eigenvalue weighted by molar-refractivity contribution is 0.0146. The third-order valence-electron chi connectivity index (χ3n) is 2.57. The first-order valence-electron chi connectivity index (χ1n) is 5.70. The Morgan fingerprint density at radius 3 is 2.27 bits per heavy atom. The van der Waals surface area contributed by atoms with Gasteiger partial charge in [0.1, 0.15) is 6.10 Å². The summed E-state index contributed by atoms with van der Waals surface area (Å²) in [7, 11) is 0. The molecular formula is C11H19IO3. The van der Waals surface area contributed by atoms with Crippen LogP contribution in [0.5, 0.6) is 0 Å². The highest BCUT2D eigenvalue weighted by Gasteiger charge is 2.17. The van der Waals surface area contributed by atoms with Gasteiger partial charge in [-0.3, -0.25) is 0 Å². The van der Waals surface area contributed by atoms with E-state index in [0.717, 1.165) is 25.7 Å². The summed E-state index contributed by atoms with van der Waals surface area (Å²) in [6, 6.07) is 0. The minimum atomic E-state index is -0.512. The van der Waals surface area contributed by atoms with E-state index in [-0.39, 0.29) is 10.2 Å². The van der Waals surface area contributed by atoms with Gasteiger partial charge in [-0.25, -0.2) is 4.79 Å². The molecule has 0 N–H and O–H groups in total. The predicted octanol–water partition coefficient (Wildman–Crippen LogP) is 4.03. The van der Waals surface area contributed by atoms with Crippen LogP contribution >= 0.6 is 22.6 Å². The van der Waals surface area contributed by atoms with E-state index in [9.17, 15) is 4.79 Å². The molecule has 1 saturated carbocycles. The lowest BCUT2D eigenvalue weighted by atomic mass is 9.99. The van der Waals surface area contributed by atoms with Crippen molar-refractivity contribution in [2.75, 3.05) is 0 Å². The molecule has 1 rings (SSSR count). The number of hydrogen-bond acceptors (Lipinski definition) is 3. The van der Waals surface area contributed by atoms with Crippen molar-refractivity contribution in [1.82, 2.24) is 0 Å². The topological polar surface area (TPSA) is 35.5 Å². The van der Waals surface area contributed by atoms with E-state index in [4.69, 9.17) is 9.47 Å². The number of hydrogen-bond donors (Lipinski definition) is 0. The van der Waals surface area contributed by atoms with E-state index in [1.807, 2.05) is 29.5 Å². The van der Waals surface area contributed by atoms with E-state index in [1.54, 1.807) is 0 Å². The maximum absolute atomic E-state index is 11.3. The summed E-state index contributed by atoms with van der Waals surface area (Å²) in [5.74, 6) is 0. The molecule has 1 aliphatic rings. The molecule has 0 aliphatic heterocycles. The van der Waals surface area contributed by atoms with Gasteiger partial charge in [-0.05, 0) is 55.2 Å². The van der Waals surface area contributed by atoms with Gasteiger partial charge in [-0.15, -0.1) is 0 Å². The Kier molecular flexibility index (Phi) is 6.36. The van der Waals surface area contributed by atoms with Crippen LogP contribution in [0.25, 0.3) is 0 Å². The number of ether oxygens (including phenoxy) is 2. The smallest absolute Gasteiger partial charge is 0.431 e. The Balaban J connectivity index is 2.25. The van der Waals surface area contributed by atoms with E-state index in [1.165, 1.54) is 19.3 Å². The molecule has 1 aliphatic carbocycles. The molecule has 0 aromatic carbocycles. The molecular weight excluding hydrogens is 307 g/mol. The first-order valence-corrected chi connectivity index (χ1v) is 6.94. The highest BCUT2D eigenvalue weighted by molar-refractivity contribution is 14.1. The fourth-order valence-electron chi connectivity index (χ4n) is 1.83. The average Bonchev–Trinajstić information content (AvgIpc) is 2.08. The van der Waals surface area contributed by atoms with Crippen molar-refractivity contribution in [1.29, 1.82) is 0 Å². The zero-order valence-corrected chi connectivity index (χ0v) is 11.4. The zero-order chi connectivity index (χ0) is 11.1. The van der Waals surface area contributed by atoms with Crippen LogP contribution in [0.2, 0.25) is 0 Å². The monoisotopic (exact) mass is 326 g/mol. The van der Waals surface area contributed by atoms with Gasteiger partial charge in [0.15, 0.2) is 4.11 Å². The van der Waals surface area contributed by atoms with Crippen LogP contribution in [0.1, 0.15) is 51.9 Å². The number of alkyl halides is 1. The Morgan fingerprint density at radius 1 is 1.20 bits per heavy atom. The lowest BCUT2D eigenvalue weighted by Crippen LogP contribution is -2.21. The summed E-state index contributed by atoms with van der Waals surface area (Å²) < 4.78 is 10.1. The summed E-state index contributed by atoms with van der Waals surface area (Å²) in [5, 5.41) is 0. The average molecular weight is 326 g/mol. The number of halogens is 1. The lowest BCUT2D eigenvalue weighted by Gasteiger charge is -2.20. The van der Waals surface area contributed by atoms with Crippen molar-refractivity contribution in [3.63, 3.8) is 0 Å². The van der Waals surface area contributed by atoms with E-state index in [0.29, 0.717) is 0 Å². The van der Waals surface area contributed by atoms with Crippen LogP contribution in [0.3, 0.4) is 0 Å². The Labute approximate surface area is 105 Å². The van der Waals surface area contributed by atoms with Gasteiger partial charge in [0.25, 0.3) is 0 Å². The van der Waals surface area contributed by atoms with Gasteiger partial charge in [-0.1, -0.05) is 19.3 Å². The minimum Gasteiger partial charge on any atom is -0.431 e. The van der Waals surface area contributed by atoms with Crippen LogP contribution in [-0.4, -0.2) is 16.4 Å². The summed E-state index contributed by atoms with van der Waals surface area (Å²) in [6.07, 6.45) is 7.72. The minimum absolute atomic E-state index is 0.0768. The second-order valence-electron chi connectivity index (χ2n) is 4.00. The fraction of sp³-hybridized carbons (Fsp3) is 0.909. The van der Waals surface area contributed by atoms with Crippen molar-refractivity contribution in [3.05, 3.63) is 0 Å². The first kappa shape index (κ1) is 13.1. The van der Waals surface area contributed by atoms with Crippen molar-refractivity contribution < 1.29 is 14.3 Å². The number of carbonyl (C=O) groups is 1. The molecule has 15 heavy (non-hydrogen) atoms. The molecule has 1 atom stereocenters. The SMILES string of the molecule is CC(I)OC(=O)OC1CCCCCCC1. The summed E-state index contributed by atoms with van der Waals surface area (Å²) in [6.45, 7) is 1.82. The quantitative estimate of drug-likeness (QED) is 0.437. The molecule has 3 nitrogen and oxygen atoms in total. The van der Waals surface area contributed by atoms with Crippen molar-refractivity contribution in [2.45, 2.75) is 62.1 Å². The van der Waals surface area contributed by atoms with Gasteiger partial charge in [-0.2, -0.15) is 0 Å². The summed E-state index contributed by atoms with van der Waals surface area (Å²) in [5.41, 5.74) is 0. The van der Waals surface area contributed by atoms with Gasteiger partial charge in [0.05, 0.1) is 0 Å². The Hall–Kier alpha value is 0. The van der Waals surface area contributed by atoms with E-state index in [2.05, 4.69) is 0 Å². The van der Waals surface area contributed by atoms with Gasteiger partial charge in [0.2, 0.25) is 0 Å². The van der Waals surface area contributed by atoms with Gasteiger partial charge in [0, 0.05) is 0 Å². The van der Waals surface area contributed by atoms with E-state index < -0.39 is 6.16 Å². The third-order valence-corrected chi connectivity index (χ3v) is 2.83. The molecule has 1 fully saturated rings. The maximum atomic E-state index is 11.3. The normalized spacial score (nSPS) is 21.2. The molecule has 0 radical (unpaired) electrons. The summed E-state index contributed by atoms with van der Waals surface area (Å²) in [4.78, 5) is 11.3. The zero-order valence-electron chi connectivity index (χ0n) is 9.21. The van der Waals surface area contributed by atoms with Crippen molar-refractivity contribution >= 4 is 28.7 Å². The predicted molar refractivity (Wildman–Crippen MR) is 67.2 cm³/mol. The molecule has 4 heteroatoms. The van der Waals surface area contributed by atoms with Gasteiger partial charge >= 0.3 is 6.16 Å². The van der Waals surface area contributed by atoms with Crippen LogP contribution in [0, 0.1) is 0 Å². The Bertz CT molecular complexity index is 186. The maximum Gasteiger partial charge on any atom is 0.509 e. The molecule has 0 spiro atoms. The van der Waals surface area contributed by atoms with Crippen LogP contribution in [0.15, 0.2) is 0 Å². The largest absolute Gasteiger partial charge is 0.509 e. The Morgan fingerprint density at radius 2 is 1.73 bits per heavy atom. The first-order chi connectivity index (χ1) is 7.18. The standard InChI is InChI=1S/C11H19IO3/c1-9(12)14-11(13)15-10-7-5-3-2-4-6-8-10/h9-10H,2-8H2,1H3. The second-order valence-corrected chi connectivity index (χ2v) is 5.75. The summed E-state index contributed by atoms with van der Waals surface area (Å²) >= 11 is 2.04.